The van der Waals surface area contributed by atoms with Crippen LogP contribution in [-0.2, 0) is 21.5 Å². The summed E-state index contributed by atoms with van der Waals surface area (Å²) in [7, 11) is 4.26. The van der Waals surface area contributed by atoms with Crippen molar-refractivity contribution >= 4 is 22.8 Å². The molecule has 34 heavy (non-hydrogen) atoms. The average Bonchev–Trinajstić information content (AvgIpc) is 3.22. The van der Waals surface area contributed by atoms with E-state index in [9.17, 15) is 14.7 Å². The predicted octanol–water partition coefficient (Wildman–Crippen LogP) is 4.71. The van der Waals surface area contributed by atoms with Gasteiger partial charge in [0.1, 0.15) is 5.54 Å². The number of carboxylic acids is 1. The van der Waals surface area contributed by atoms with Gasteiger partial charge in [-0.1, -0.05) is 48.5 Å². The third-order valence-electron chi connectivity index (χ3n) is 7.68. The van der Waals surface area contributed by atoms with Crippen LogP contribution in [0.15, 0.2) is 60.8 Å². The molecule has 1 heterocycles. The maximum Gasteiger partial charge on any atom is 0.329 e. The van der Waals surface area contributed by atoms with Gasteiger partial charge in [0.15, 0.2) is 0 Å². The van der Waals surface area contributed by atoms with Crippen LogP contribution in [-0.4, -0.2) is 46.5 Å². The van der Waals surface area contributed by atoms with Crippen LogP contribution in [0.5, 0.6) is 0 Å². The highest BCUT2D eigenvalue weighted by molar-refractivity contribution is 5.89. The number of rotatable bonds is 8. The molecule has 4 rings (SSSR count). The summed E-state index contributed by atoms with van der Waals surface area (Å²) in [5, 5.41) is 13.8. The summed E-state index contributed by atoms with van der Waals surface area (Å²) in [6.45, 7) is 1.60. The SMILES string of the molecule is CN(C)C1(c2ccccc2)CCC(CC(=O)NC(C)(Cc2c[nH]c3ccccc23)C(=O)O)CC1. The van der Waals surface area contributed by atoms with Gasteiger partial charge in [0, 0.05) is 35.5 Å². The lowest BCUT2D eigenvalue weighted by Crippen LogP contribution is -2.54. The highest BCUT2D eigenvalue weighted by atomic mass is 16.4. The fourth-order valence-corrected chi connectivity index (χ4v) is 5.55. The van der Waals surface area contributed by atoms with E-state index in [2.05, 4.69) is 53.6 Å². The van der Waals surface area contributed by atoms with Crippen molar-refractivity contribution in [3.8, 4) is 0 Å². The molecule has 0 spiro atoms. The number of benzene rings is 2. The van der Waals surface area contributed by atoms with Gasteiger partial charge in [-0.25, -0.2) is 4.79 Å². The first kappa shape index (κ1) is 24.0. The molecule has 1 atom stereocenters. The fraction of sp³-hybridized carbons (Fsp3) is 0.429. The van der Waals surface area contributed by atoms with Gasteiger partial charge in [0.2, 0.25) is 5.91 Å². The molecule has 1 saturated carbocycles. The largest absolute Gasteiger partial charge is 0.480 e. The average molecular weight is 462 g/mol. The number of H-pyrrole nitrogens is 1. The van der Waals surface area contributed by atoms with Crippen LogP contribution < -0.4 is 5.32 Å². The number of aromatic amines is 1. The minimum Gasteiger partial charge on any atom is -0.480 e. The number of fused-ring (bicyclic) bond motifs is 1. The standard InChI is InChI=1S/C28H35N3O3/c1-27(26(33)34,18-21-19-29-24-12-8-7-11-23(21)24)30-25(32)17-20-13-15-28(16-14-20,31(2)3)22-9-5-4-6-10-22/h4-12,19-20,29H,13-18H2,1-3H3,(H,30,32)(H,33,34). The molecular formula is C28H35N3O3. The quantitative estimate of drug-likeness (QED) is 0.454. The second-order valence-corrected chi connectivity index (χ2v) is 10.2. The Hall–Kier alpha value is -3.12. The molecule has 6 heteroatoms. The van der Waals surface area contributed by atoms with Crippen LogP contribution in [0.1, 0.15) is 50.2 Å². The first-order chi connectivity index (χ1) is 16.2. The number of aliphatic carboxylic acids is 1. The lowest BCUT2D eigenvalue weighted by Gasteiger charge is -2.45. The Kier molecular flexibility index (Phi) is 6.80. The Bertz CT molecular complexity index is 1150. The van der Waals surface area contributed by atoms with Gasteiger partial charge in [-0.05, 0) is 69.8 Å². The lowest BCUT2D eigenvalue weighted by atomic mass is 9.71. The molecule has 3 aromatic rings. The van der Waals surface area contributed by atoms with Crippen LogP contribution >= 0.6 is 0 Å². The minimum absolute atomic E-state index is 0.0147. The second-order valence-electron chi connectivity index (χ2n) is 10.2. The van der Waals surface area contributed by atoms with E-state index in [1.165, 1.54) is 5.56 Å². The normalized spacial score (nSPS) is 22.4. The van der Waals surface area contributed by atoms with Crippen LogP contribution in [0.25, 0.3) is 10.9 Å². The number of hydrogen-bond donors (Lipinski definition) is 3. The molecule has 0 saturated heterocycles. The van der Waals surface area contributed by atoms with Crippen LogP contribution in [0, 0.1) is 5.92 Å². The van der Waals surface area contributed by atoms with Crippen molar-refractivity contribution in [3.63, 3.8) is 0 Å². The topological polar surface area (TPSA) is 85.4 Å². The Balaban J connectivity index is 1.41. The highest BCUT2D eigenvalue weighted by Gasteiger charge is 2.40. The molecule has 1 unspecified atom stereocenters. The Morgan fingerprint density at radius 1 is 1.09 bits per heavy atom. The van der Waals surface area contributed by atoms with Gasteiger partial charge >= 0.3 is 5.97 Å². The zero-order chi connectivity index (χ0) is 24.3. The van der Waals surface area contributed by atoms with Crippen molar-refractivity contribution in [2.75, 3.05) is 14.1 Å². The van der Waals surface area contributed by atoms with Crippen molar-refractivity contribution in [2.24, 2.45) is 5.92 Å². The number of amides is 1. The number of nitrogens with one attached hydrogen (secondary N) is 2. The summed E-state index contributed by atoms with van der Waals surface area (Å²) in [6, 6.07) is 18.4. The molecule has 1 aromatic heterocycles. The summed E-state index contributed by atoms with van der Waals surface area (Å²) >= 11 is 0. The molecule has 1 aliphatic rings. The van der Waals surface area contributed by atoms with E-state index < -0.39 is 11.5 Å². The lowest BCUT2D eigenvalue weighted by molar-refractivity contribution is -0.147. The van der Waals surface area contributed by atoms with E-state index in [4.69, 9.17) is 0 Å². The Labute approximate surface area is 201 Å². The molecule has 1 aliphatic carbocycles. The molecule has 1 fully saturated rings. The number of carbonyl (C=O) groups is 2. The van der Waals surface area contributed by atoms with Gasteiger partial charge in [-0.3, -0.25) is 9.69 Å². The van der Waals surface area contributed by atoms with Crippen molar-refractivity contribution in [3.05, 3.63) is 71.9 Å². The number of hydrogen-bond acceptors (Lipinski definition) is 3. The molecule has 1 amide bonds. The summed E-state index contributed by atoms with van der Waals surface area (Å²) in [6.07, 6.45) is 6.25. The maximum atomic E-state index is 13.0. The number of nitrogens with zero attached hydrogens (tertiary/aromatic N) is 1. The summed E-state index contributed by atoms with van der Waals surface area (Å²) in [4.78, 5) is 30.7. The Morgan fingerprint density at radius 3 is 2.38 bits per heavy atom. The molecule has 0 radical (unpaired) electrons. The highest BCUT2D eigenvalue weighted by Crippen LogP contribution is 2.43. The van der Waals surface area contributed by atoms with Crippen LogP contribution in [0.3, 0.4) is 0 Å². The van der Waals surface area contributed by atoms with E-state index >= 15 is 0 Å². The third-order valence-corrected chi connectivity index (χ3v) is 7.68. The second kappa shape index (κ2) is 9.63. The fourth-order valence-electron chi connectivity index (χ4n) is 5.55. The number of carbonyl (C=O) groups excluding carboxylic acids is 1. The number of carboxylic acid groups (broad SMARTS) is 1. The number of para-hydroxylation sites is 1. The first-order valence-corrected chi connectivity index (χ1v) is 12.1. The zero-order valence-corrected chi connectivity index (χ0v) is 20.3. The molecule has 6 nitrogen and oxygen atoms in total. The van der Waals surface area contributed by atoms with Gasteiger partial charge in [0.05, 0.1) is 0 Å². The van der Waals surface area contributed by atoms with E-state index in [1.54, 1.807) is 6.92 Å². The summed E-state index contributed by atoms with van der Waals surface area (Å²) < 4.78 is 0. The summed E-state index contributed by atoms with van der Waals surface area (Å²) in [5.74, 6) is -0.958. The zero-order valence-electron chi connectivity index (χ0n) is 20.3. The molecule has 0 aliphatic heterocycles. The van der Waals surface area contributed by atoms with E-state index in [0.717, 1.165) is 42.1 Å². The van der Waals surface area contributed by atoms with Crippen molar-refractivity contribution < 1.29 is 14.7 Å². The molecule has 2 aromatic carbocycles. The smallest absolute Gasteiger partial charge is 0.329 e. The van der Waals surface area contributed by atoms with Crippen LogP contribution in [0.2, 0.25) is 0 Å². The van der Waals surface area contributed by atoms with Crippen molar-refractivity contribution in [2.45, 2.75) is 56.5 Å². The van der Waals surface area contributed by atoms with Gasteiger partial charge in [-0.15, -0.1) is 0 Å². The van der Waals surface area contributed by atoms with Crippen LogP contribution in [0.4, 0.5) is 0 Å². The van der Waals surface area contributed by atoms with Crippen molar-refractivity contribution in [1.29, 1.82) is 0 Å². The van der Waals surface area contributed by atoms with E-state index in [1.807, 2.05) is 36.5 Å². The monoisotopic (exact) mass is 461 g/mol. The van der Waals surface area contributed by atoms with Gasteiger partial charge < -0.3 is 15.4 Å². The Morgan fingerprint density at radius 2 is 1.74 bits per heavy atom. The molecule has 0 bridgehead atoms. The van der Waals surface area contributed by atoms with Gasteiger partial charge in [-0.2, -0.15) is 0 Å². The van der Waals surface area contributed by atoms with Crippen molar-refractivity contribution in [1.82, 2.24) is 15.2 Å². The molecular weight excluding hydrogens is 426 g/mol. The van der Waals surface area contributed by atoms with Gasteiger partial charge in [0.25, 0.3) is 0 Å². The number of aromatic nitrogens is 1. The molecule has 3 N–H and O–H groups in total. The predicted molar refractivity (Wildman–Crippen MR) is 135 cm³/mol. The van der Waals surface area contributed by atoms with E-state index in [0.29, 0.717) is 6.42 Å². The van der Waals surface area contributed by atoms with E-state index in [-0.39, 0.29) is 23.8 Å². The minimum atomic E-state index is -1.37. The molecule has 180 valence electrons. The third kappa shape index (κ3) is 4.73. The maximum absolute atomic E-state index is 13.0. The first-order valence-electron chi connectivity index (χ1n) is 12.1. The summed E-state index contributed by atoms with van der Waals surface area (Å²) in [5.41, 5.74) is 1.78.